The molecule has 0 saturated carbocycles. The molecule has 4 atom stereocenters. The summed E-state index contributed by atoms with van der Waals surface area (Å²) in [7, 11) is 2.56. The van der Waals surface area contributed by atoms with E-state index >= 15 is 0 Å². The maximum absolute atomic E-state index is 13.8. The lowest BCUT2D eigenvalue weighted by Crippen LogP contribution is -2.52. The summed E-state index contributed by atoms with van der Waals surface area (Å²) in [4.78, 5) is 71.5. The van der Waals surface area contributed by atoms with Crippen LogP contribution >= 0.6 is 0 Å². The second kappa shape index (κ2) is 20.6. The van der Waals surface area contributed by atoms with Crippen molar-refractivity contribution in [2.75, 3.05) is 27.3 Å². The van der Waals surface area contributed by atoms with Crippen molar-refractivity contribution in [3.8, 4) is 57.3 Å². The van der Waals surface area contributed by atoms with Gasteiger partial charge >= 0.3 is 12.2 Å². The van der Waals surface area contributed by atoms with E-state index in [1.54, 1.807) is 36.0 Å². The summed E-state index contributed by atoms with van der Waals surface area (Å²) in [5.74, 6) is 13.4. The predicted molar refractivity (Wildman–Crippen MR) is 235 cm³/mol. The molecule has 2 aromatic heterocycles. The van der Waals surface area contributed by atoms with E-state index in [1.165, 1.54) is 14.2 Å². The average molecular weight is 831 g/mol. The molecule has 14 heteroatoms. The number of hydrogen-bond acceptors (Lipinski definition) is 8. The lowest BCUT2D eigenvalue weighted by atomic mass is 9.92. The third kappa shape index (κ3) is 10.4. The Balaban J connectivity index is 1.41. The zero-order valence-electron chi connectivity index (χ0n) is 36.9. The Kier molecular flexibility index (Phi) is 15.4. The van der Waals surface area contributed by atoms with Crippen LogP contribution in [0.3, 0.4) is 0 Å². The number of nitrogens with zero attached hydrogens (tertiary/aromatic N) is 4. The summed E-state index contributed by atoms with van der Waals surface area (Å²) >= 11 is 0. The van der Waals surface area contributed by atoms with Crippen molar-refractivity contribution < 1.29 is 28.7 Å². The van der Waals surface area contributed by atoms with E-state index in [4.69, 9.17) is 19.4 Å². The molecule has 1 aliphatic heterocycles. The van der Waals surface area contributed by atoms with Crippen molar-refractivity contribution in [1.29, 1.82) is 0 Å². The molecule has 0 bridgehead atoms. The number of alkyl carbamates (subject to hydrolysis) is 2. The summed E-state index contributed by atoms with van der Waals surface area (Å²) in [6, 6.07) is 10.0. The highest BCUT2D eigenvalue weighted by atomic mass is 16.5. The first-order chi connectivity index (χ1) is 29.3. The quantitative estimate of drug-likeness (QED) is 0.0941. The van der Waals surface area contributed by atoms with E-state index in [-0.39, 0.29) is 29.7 Å². The van der Waals surface area contributed by atoms with Crippen molar-refractivity contribution in [3.63, 3.8) is 0 Å². The average Bonchev–Trinajstić information content (AvgIpc) is 4.05. The van der Waals surface area contributed by atoms with Gasteiger partial charge in [0.25, 0.3) is 0 Å². The van der Waals surface area contributed by atoms with Gasteiger partial charge in [0, 0.05) is 35.3 Å². The van der Waals surface area contributed by atoms with Crippen LogP contribution in [0.4, 0.5) is 9.59 Å². The Morgan fingerprint density at radius 3 is 1.89 bits per heavy atom. The number of H-pyrrole nitrogens is 2. The number of hydrogen-bond donors (Lipinski definition) is 4. The topological polar surface area (TPSA) is 175 Å². The van der Waals surface area contributed by atoms with E-state index < -0.39 is 30.3 Å². The molecule has 1 saturated heterocycles. The second-order valence-corrected chi connectivity index (χ2v) is 15.7. The molecular weight excluding hydrogens is 773 g/mol. The highest BCUT2D eigenvalue weighted by molar-refractivity contribution is 5.87. The van der Waals surface area contributed by atoms with Crippen LogP contribution in [-0.2, 0) is 19.1 Å². The van der Waals surface area contributed by atoms with Gasteiger partial charge < -0.3 is 39.9 Å². The normalized spacial score (nSPS) is 14.9. The predicted octanol–water partition coefficient (Wildman–Crippen LogP) is 7.60. The minimum Gasteiger partial charge on any atom is -0.453 e. The van der Waals surface area contributed by atoms with E-state index in [9.17, 15) is 19.2 Å². The molecule has 3 heterocycles. The highest BCUT2D eigenvalue weighted by Gasteiger charge is 2.38. The first-order valence-electron chi connectivity index (χ1n) is 20.8. The number of ether oxygens (including phenoxy) is 2. The van der Waals surface area contributed by atoms with Crippen molar-refractivity contribution in [3.05, 3.63) is 71.6 Å². The fourth-order valence-electron chi connectivity index (χ4n) is 7.67. The van der Waals surface area contributed by atoms with Gasteiger partial charge in [-0.3, -0.25) is 9.59 Å². The van der Waals surface area contributed by atoms with Crippen LogP contribution in [0.25, 0.3) is 33.6 Å². The molecule has 2 aromatic carbocycles. The standard InChI is InChI=1S/C47H58N8O6/c1-11-15-31-24-33(37-26-48-42(50-37)30(8)54(22-13-3)44(56)40(28(4)5)52-46(58)60-9)18-20-35(31)36-21-19-34(25-32(36)16-12-2)38-27-49-43(51-38)39-17-14-23-55(39)45(57)41(29(6)7)53-47(59)61-10/h18-21,24-30,39-41H,13-14,17,22-23H2,1-10H3,(H,48,50)(H,49,51)(H,52,58)(H,53,59)/t30-,39-,40-,41-/m0/s1. The first-order valence-corrected chi connectivity index (χ1v) is 20.8. The van der Waals surface area contributed by atoms with Crippen LogP contribution in [-0.4, -0.2) is 93.1 Å². The Bertz CT molecular complexity index is 2340. The number of nitrogens with one attached hydrogen (secondary N) is 4. The van der Waals surface area contributed by atoms with E-state index in [0.717, 1.165) is 64.0 Å². The van der Waals surface area contributed by atoms with Crippen LogP contribution < -0.4 is 10.6 Å². The molecule has 14 nitrogen and oxygen atoms in total. The second-order valence-electron chi connectivity index (χ2n) is 15.7. The number of amides is 4. The van der Waals surface area contributed by atoms with Crippen molar-refractivity contribution in [1.82, 2.24) is 40.4 Å². The van der Waals surface area contributed by atoms with E-state index in [0.29, 0.717) is 24.7 Å². The maximum atomic E-state index is 13.8. The minimum atomic E-state index is -0.756. The zero-order chi connectivity index (χ0) is 44.4. The highest BCUT2D eigenvalue weighted by Crippen LogP contribution is 2.36. The van der Waals surface area contributed by atoms with Crippen LogP contribution in [0, 0.1) is 35.5 Å². The third-order valence-corrected chi connectivity index (χ3v) is 10.9. The minimum absolute atomic E-state index is 0.132. The maximum Gasteiger partial charge on any atom is 0.407 e. The molecule has 1 aliphatic rings. The fraction of sp³-hybridized carbons (Fsp3) is 0.447. The Labute approximate surface area is 359 Å². The van der Waals surface area contributed by atoms with Crippen molar-refractivity contribution in [2.45, 2.75) is 98.8 Å². The van der Waals surface area contributed by atoms with Crippen LogP contribution in [0.15, 0.2) is 48.8 Å². The largest absolute Gasteiger partial charge is 0.453 e. The molecule has 322 valence electrons. The lowest BCUT2D eigenvalue weighted by Gasteiger charge is -2.33. The van der Waals surface area contributed by atoms with E-state index in [2.05, 4.69) is 44.3 Å². The van der Waals surface area contributed by atoms with Crippen LogP contribution in [0.1, 0.15) is 110 Å². The third-order valence-electron chi connectivity index (χ3n) is 10.9. The number of rotatable bonds is 14. The smallest absolute Gasteiger partial charge is 0.407 e. The Morgan fingerprint density at radius 1 is 0.820 bits per heavy atom. The lowest BCUT2D eigenvalue weighted by molar-refractivity contribution is -0.137. The first kappa shape index (κ1) is 45.5. The fourth-order valence-corrected chi connectivity index (χ4v) is 7.67. The summed E-state index contributed by atoms with van der Waals surface area (Å²) in [5, 5.41) is 5.40. The number of imidazole rings is 2. The zero-order valence-corrected chi connectivity index (χ0v) is 36.9. The van der Waals surface area contributed by atoms with Gasteiger partial charge in [-0.05, 0) is 75.1 Å². The Morgan fingerprint density at radius 2 is 1.36 bits per heavy atom. The number of carbonyl (C=O) groups is 4. The molecule has 4 N–H and O–H groups in total. The molecule has 61 heavy (non-hydrogen) atoms. The van der Waals surface area contributed by atoms with Gasteiger partial charge in [0.05, 0.1) is 50.1 Å². The number of aromatic nitrogens is 4. The molecular formula is C47H58N8O6. The van der Waals surface area contributed by atoms with Gasteiger partial charge in [0.15, 0.2) is 0 Å². The van der Waals surface area contributed by atoms with Gasteiger partial charge in [0.2, 0.25) is 11.8 Å². The van der Waals surface area contributed by atoms with Gasteiger partial charge in [-0.2, -0.15) is 0 Å². The van der Waals surface area contributed by atoms with Crippen molar-refractivity contribution >= 4 is 24.0 Å². The summed E-state index contributed by atoms with van der Waals surface area (Å²) in [5.41, 5.74) is 6.78. The van der Waals surface area contributed by atoms with E-state index in [1.807, 2.05) is 77.9 Å². The van der Waals surface area contributed by atoms with Crippen LogP contribution in [0.2, 0.25) is 0 Å². The number of methoxy groups -OCH3 is 2. The Hall–Kier alpha value is -6.54. The molecule has 0 radical (unpaired) electrons. The van der Waals surface area contributed by atoms with Gasteiger partial charge in [0.1, 0.15) is 23.7 Å². The van der Waals surface area contributed by atoms with Crippen LogP contribution in [0.5, 0.6) is 0 Å². The molecule has 1 fully saturated rings. The number of aromatic amines is 2. The molecule has 4 amide bonds. The SMILES string of the molecule is CC#Cc1cc(-c2cnc([C@H](C)N(CCC)C(=O)[C@@H](NC(=O)OC)C(C)C)[nH]2)ccc1-c1ccc(-c2cnc([C@@H]3CCCN3C(=O)[C@@H](NC(=O)OC)C(C)C)[nH]2)cc1C#CC. The molecule has 0 spiro atoms. The summed E-state index contributed by atoms with van der Waals surface area (Å²) in [6.45, 7) is 16.1. The number of likely N-dealkylation sites (tertiary alicyclic amines) is 1. The molecule has 0 aliphatic carbocycles. The van der Waals surface area contributed by atoms with Gasteiger partial charge in [-0.15, -0.1) is 11.8 Å². The molecule has 5 rings (SSSR count). The molecule has 4 aromatic rings. The van der Waals surface area contributed by atoms with Crippen molar-refractivity contribution in [2.24, 2.45) is 11.8 Å². The molecule has 0 unspecified atom stereocenters. The van der Waals surface area contributed by atoms with Gasteiger partial charge in [-0.25, -0.2) is 19.6 Å². The number of carbonyl (C=O) groups excluding carboxylic acids is 4. The monoisotopic (exact) mass is 830 g/mol. The number of benzene rings is 2. The van der Waals surface area contributed by atoms with Gasteiger partial charge in [-0.1, -0.05) is 70.7 Å². The summed E-state index contributed by atoms with van der Waals surface area (Å²) in [6.07, 6.45) is 4.53. The summed E-state index contributed by atoms with van der Waals surface area (Å²) < 4.78 is 9.57.